The van der Waals surface area contributed by atoms with Crippen LogP contribution in [0, 0.1) is 6.92 Å². The third-order valence-electron chi connectivity index (χ3n) is 5.77. The number of likely N-dealkylation sites (N-methyl/N-ethyl adjacent to an activating group) is 1. The first-order valence-electron chi connectivity index (χ1n) is 10.4. The quantitative estimate of drug-likeness (QED) is 0.698. The van der Waals surface area contributed by atoms with Crippen molar-refractivity contribution in [3.8, 4) is 5.75 Å². The van der Waals surface area contributed by atoms with E-state index in [-0.39, 0.29) is 5.91 Å². The highest BCUT2D eigenvalue weighted by atomic mass is 16.5. The minimum absolute atomic E-state index is 0.158. The monoisotopic (exact) mass is 404 g/mol. The van der Waals surface area contributed by atoms with Crippen LogP contribution in [0.1, 0.15) is 23.0 Å². The summed E-state index contributed by atoms with van der Waals surface area (Å²) in [6.45, 7) is 9.42. The van der Waals surface area contributed by atoms with Crippen LogP contribution in [0.15, 0.2) is 48.5 Å². The van der Waals surface area contributed by atoms with E-state index in [1.165, 1.54) is 5.69 Å². The molecule has 1 amide bonds. The summed E-state index contributed by atoms with van der Waals surface area (Å²) in [4.78, 5) is 22.3. The summed E-state index contributed by atoms with van der Waals surface area (Å²) < 4.78 is 5.29. The molecule has 1 fully saturated rings. The molecule has 156 valence electrons. The number of aryl methyl sites for hydroxylation is 1. The Labute approximate surface area is 177 Å². The summed E-state index contributed by atoms with van der Waals surface area (Å²) in [7, 11) is 1.63. The fourth-order valence-electron chi connectivity index (χ4n) is 3.88. The van der Waals surface area contributed by atoms with Gasteiger partial charge in [0.2, 0.25) is 0 Å². The summed E-state index contributed by atoms with van der Waals surface area (Å²) in [5.74, 6) is 0.587. The summed E-state index contributed by atoms with van der Waals surface area (Å²) in [5, 5.41) is 3.88. The maximum Gasteiger partial charge on any atom is 0.257 e. The van der Waals surface area contributed by atoms with Crippen LogP contribution in [-0.4, -0.2) is 55.6 Å². The number of ether oxygens (including phenoxy) is 1. The molecule has 1 aliphatic heterocycles. The van der Waals surface area contributed by atoms with E-state index in [1.807, 2.05) is 43.3 Å². The van der Waals surface area contributed by atoms with E-state index in [0.717, 1.165) is 55.1 Å². The number of aromatic nitrogens is 1. The number of carbonyl (C=O) groups excluding carboxylic acids is 1. The Morgan fingerprint density at radius 2 is 1.80 bits per heavy atom. The lowest BCUT2D eigenvalue weighted by Crippen LogP contribution is -2.46. The number of hydrogen-bond acceptors (Lipinski definition) is 5. The summed E-state index contributed by atoms with van der Waals surface area (Å²) >= 11 is 0. The molecule has 3 aromatic rings. The molecule has 0 atom stereocenters. The number of nitrogens with one attached hydrogen (secondary N) is 1. The van der Waals surface area contributed by atoms with Gasteiger partial charge < -0.3 is 19.9 Å². The third kappa shape index (κ3) is 4.24. The van der Waals surface area contributed by atoms with Crippen molar-refractivity contribution in [3.63, 3.8) is 0 Å². The number of pyridine rings is 1. The molecule has 0 unspecified atom stereocenters. The third-order valence-corrected chi connectivity index (χ3v) is 5.77. The number of rotatable bonds is 5. The second-order valence-corrected chi connectivity index (χ2v) is 7.60. The summed E-state index contributed by atoms with van der Waals surface area (Å²) in [5.41, 5.74) is 4.09. The zero-order chi connectivity index (χ0) is 21.1. The van der Waals surface area contributed by atoms with Crippen LogP contribution < -0.4 is 15.0 Å². The number of methoxy groups -OCH3 is 1. The molecule has 0 radical (unpaired) electrons. The van der Waals surface area contributed by atoms with Gasteiger partial charge in [0.05, 0.1) is 23.9 Å². The molecule has 2 heterocycles. The Kier molecular flexibility index (Phi) is 5.86. The molecule has 30 heavy (non-hydrogen) atoms. The van der Waals surface area contributed by atoms with Gasteiger partial charge in [0, 0.05) is 42.9 Å². The smallest absolute Gasteiger partial charge is 0.257 e. The molecular weight excluding hydrogens is 376 g/mol. The van der Waals surface area contributed by atoms with Crippen molar-refractivity contribution in [1.29, 1.82) is 0 Å². The number of carbonyl (C=O) groups is 1. The second-order valence-electron chi connectivity index (χ2n) is 7.60. The average Bonchev–Trinajstić information content (AvgIpc) is 2.79. The van der Waals surface area contributed by atoms with Gasteiger partial charge in [0.1, 0.15) is 5.75 Å². The zero-order valence-electron chi connectivity index (χ0n) is 17.8. The van der Waals surface area contributed by atoms with Crippen molar-refractivity contribution in [2.24, 2.45) is 0 Å². The number of anilines is 2. The predicted octanol–water partition coefficient (Wildman–Crippen LogP) is 3.95. The molecule has 0 saturated carbocycles. The molecule has 1 aromatic heterocycles. The number of benzene rings is 2. The molecule has 6 nitrogen and oxygen atoms in total. The lowest BCUT2D eigenvalue weighted by atomic mass is 10.1. The van der Waals surface area contributed by atoms with Crippen molar-refractivity contribution < 1.29 is 9.53 Å². The van der Waals surface area contributed by atoms with E-state index in [1.54, 1.807) is 7.11 Å². The molecule has 6 heteroatoms. The van der Waals surface area contributed by atoms with Crippen molar-refractivity contribution in [2.45, 2.75) is 13.8 Å². The average molecular weight is 405 g/mol. The van der Waals surface area contributed by atoms with Crippen LogP contribution in [0.2, 0.25) is 0 Å². The van der Waals surface area contributed by atoms with Gasteiger partial charge in [-0.3, -0.25) is 9.78 Å². The fraction of sp³-hybridized carbons (Fsp3) is 0.333. The van der Waals surface area contributed by atoms with E-state index in [4.69, 9.17) is 4.74 Å². The van der Waals surface area contributed by atoms with E-state index in [2.05, 4.69) is 39.2 Å². The highest BCUT2D eigenvalue weighted by Crippen LogP contribution is 2.24. The number of fused-ring (bicyclic) bond motifs is 1. The van der Waals surface area contributed by atoms with Crippen molar-refractivity contribution >= 4 is 28.2 Å². The highest BCUT2D eigenvalue weighted by Gasteiger charge is 2.16. The number of amides is 1. The van der Waals surface area contributed by atoms with Gasteiger partial charge in [0.25, 0.3) is 5.91 Å². The van der Waals surface area contributed by atoms with E-state index < -0.39 is 0 Å². The molecule has 0 spiro atoms. The SMILES string of the molecule is CCN1CCN(c2ccc(NC(=O)c3cc4cc(OC)ccc4nc3C)cc2)CC1. The number of hydrogen-bond donors (Lipinski definition) is 1. The van der Waals surface area contributed by atoms with Crippen LogP contribution in [0.4, 0.5) is 11.4 Å². The maximum atomic E-state index is 12.9. The van der Waals surface area contributed by atoms with Crippen LogP contribution in [0.25, 0.3) is 10.9 Å². The standard InChI is InChI=1S/C24H28N4O2/c1-4-27-11-13-28(14-12-27)20-7-5-19(6-8-20)26-24(29)22-16-18-15-21(30-3)9-10-23(18)25-17(22)2/h5-10,15-16H,4,11-14H2,1-3H3,(H,26,29). The molecule has 2 aromatic carbocycles. The normalized spacial score (nSPS) is 14.7. The first-order valence-corrected chi connectivity index (χ1v) is 10.4. The van der Waals surface area contributed by atoms with E-state index >= 15 is 0 Å². The highest BCUT2D eigenvalue weighted by molar-refractivity contribution is 6.06. The van der Waals surface area contributed by atoms with Crippen molar-refractivity contribution in [3.05, 3.63) is 59.8 Å². The van der Waals surface area contributed by atoms with E-state index in [0.29, 0.717) is 11.3 Å². The van der Waals surface area contributed by atoms with Gasteiger partial charge >= 0.3 is 0 Å². The number of piperazine rings is 1. The Balaban J connectivity index is 1.48. The van der Waals surface area contributed by atoms with Crippen LogP contribution in [-0.2, 0) is 0 Å². The van der Waals surface area contributed by atoms with Crippen LogP contribution in [0.5, 0.6) is 5.75 Å². The van der Waals surface area contributed by atoms with Crippen molar-refractivity contribution in [2.75, 3.05) is 50.1 Å². The predicted molar refractivity (Wildman–Crippen MR) is 122 cm³/mol. The molecular formula is C24H28N4O2. The Hall–Kier alpha value is -3.12. The molecule has 1 aliphatic rings. The van der Waals surface area contributed by atoms with Gasteiger partial charge in [-0.2, -0.15) is 0 Å². The Morgan fingerprint density at radius 1 is 1.07 bits per heavy atom. The first-order chi connectivity index (χ1) is 14.6. The minimum atomic E-state index is -0.158. The maximum absolute atomic E-state index is 12.9. The van der Waals surface area contributed by atoms with Crippen LogP contribution >= 0.6 is 0 Å². The summed E-state index contributed by atoms with van der Waals surface area (Å²) in [6, 6.07) is 15.6. The van der Waals surface area contributed by atoms with Crippen molar-refractivity contribution in [1.82, 2.24) is 9.88 Å². The molecule has 4 rings (SSSR count). The molecule has 0 aliphatic carbocycles. The topological polar surface area (TPSA) is 57.7 Å². The van der Waals surface area contributed by atoms with Gasteiger partial charge in [-0.25, -0.2) is 0 Å². The number of nitrogens with zero attached hydrogens (tertiary/aromatic N) is 3. The van der Waals surface area contributed by atoms with Gasteiger partial charge in [-0.05, 0) is 62.0 Å². The van der Waals surface area contributed by atoms with Gasteiger partial charge in [0.15, 0.2) is 0 Å². The molecule has 1 saturated heterocycles. The Bertz CT molecular complexity index is 1040. The van der Waals surface area contributed by atoms with Gasteiger partial charge in [-0.1, -0.05) is 6.92 Å². The van der Waals surface area contributed by atoms with Gasteiger partial charge in [-0.15, -0.1) is 0 Å². The zero-order valence-corrected chi connectivity index (χ0v) is 17.8. The lowest BCUT2D eigenvalue weighted by Gasteiger charge is -2.35. The second kappa shape index (κ2) is 8.71. The largest absolute Gasteiger partial charge is 0.497 e. The van der Waals surface area contributed by atoms with Crippen LogP contribution in [0.3, 0.4) is 0 Å². The fourth-order valence-corrected chi connectivity index (χ4v) is 3.88. The first kappa shape index (κ1) is 20.2. The van der Waals surface area contributed by atoms with E-state index in [9.17, 15) is 4.79 Å². The minimum Gasteiger partial charge on any atom is -0.497 e. The summed E-state index contributed by atoms with van der Waals surface area (Å²) in [6.07, 6.45) is 0. The lowest BCUT2D eigenvalue weighted by molar-refractivity contribution is 0.102. The Morgan fingerprint density at radius 3 is 2.47 bits per heavy atom. The molecule has 1 N–H and O–H groups in total. The molecule has 0 bridgehead atoms.